The molecule has 0 aromatic heterocycles. The number of methoxy groups -OCH3 is 2. The first-order valence-corrected chi connectivity index (χ1v) is 12.7. The van der Waals surface area contributed by atoms with Crippen molar-refractivity contribution < 1.29 is 28.1 Å². The van der Waals surface area contributed by atoms with Crippen LogP contribution in [-0.4, -0.2) is 20.2 Å². The standard InChI is InChI=1S/C34H25FO5/c1-37-24-15-13-23(14-16-24)34(29-10-6-7-11-30(29)35)19-18-26-27-21-28(33(36)39-25-8-4-3-5-9-25)32(38-2)20-22(27)12-17-31(26)40-34/h3-21H,1-2H3. The Kier molecular flexibility index (Phi) is 6.44. The van der Waals surface area contributed by atoms with E-state index in [2.05, 4.69) is 0 Å². The van der Waals surface area contributed by atoms with Crippen LogP contribution < -0.4 is 18.9 Å². The molecule has 198 valence electrons. The first kappa shape index (κ1) is 25.2. The molecule has 0 saturated heterocycles. The molecule has 5 nitrogen and oxygen atoms in total. The molecule has 0 spiro atoms. The summed E-state index contributed by atoms with van der Waals surface area (Å²) in [6.45, 7) is 0. The van der Waals surface area contributed by atoms with Gasteiger partial charge in [-0.15, -0.1) is 0 Å². The van der Waals surface area contributed by atoms with Crippen LogP contribution in [0, 0.1) is 5.82 Å². The number of esters is 1. The first-order valence-electron chi connectivity index (χ1n) is 12.7. The molecule has 0 bridgehead atoms. The van der Waals surface area contributed by atoms with Crippen LogP contribution in [0.5, 0.6) is 23.0 Å². The number of ether oxygens (including phenoxy) is 4. The highest BCUT2D eigenvalue weighted by Crippen LogP contribution is 2.45. The number of hydrogen-bond donors (Lipinski definition) is 0. The van der Waals surface area contributed by atoms with E-state index in [1.165, 1.54) is 13.2 Å². The maximum atomic E-state index is 15.3. The molecule has 0 radical (unpaired) electrons. The molecule has 1 aliphatic rings. The number of para-hydroxylation sites is 1. The molecule has 6 rings (SSSR count). The molecule has 6 heteroatoms. The van der Waals surface area contributed by atoms with Gasteiger partial charge >= 0.3 is 5.97 Å². The van der Waals surface area contributed by atoms with Crippen molar-refractivity contribution in [2.24, 2.45) is 0 Å². The van der Waals surface area contributed by atoms with E-state index in [4.69, 9.17) is 18.9 Å². The van der Waals surface area contributed by atoms with Crippen LogP contribution in [0.1, 0.15) is 27.0 Å². The minimum Gasteiger partial charge on any atom is -0.497 e. The zero-order valence-corrected chi connectivity index (χ0v) is 21.9. The van der Waals surface area contributed by atoms with Gasteiger partial charge in [-0.05, 0) is 71.5 Å². The maximum Gasteiger partial charge on any atom is 0.347 e. The summed E-state index contributed by atoms with van der Waals surface area (Å²) in [5.41, 5.74) is 0.933. The Bertz CT molecular complexity index is 1740. The van der Waals surface area contributed by atoms with E-state index in [1.54, 1.807) is 61.7 Å². The summed E-state index contributed by atoms with van der Waals surface area (Å²) in [5.74, 6) is 1.13. The van der Waals surface area contributed by atoms with E-state index in [0.717, 1.165) is 21.9 Å². The number of carbonyl (C=O) groups excluding carboxylic acids is 1. The van der Waals surface area contributed by atoms with Gasteiger partial charge in [0.15, 0.2) is 5.60 Å². The Morgan fingerprint density at radius 2 is 1.55 bits per heavy atom. The minimum atomic E-state index is -1.22. The summed E-state index contributed by atoms with van der Waals surface area (Å²) < 4.78 is 38.4. The first-order chi connectivity index (χ1) is 19.5. The summed E-state index contributed by atoms with van der Waals surface area (Å²) in [5, 5.41) is 1.62. The van der Waals surface area contributed by atoms with Gasteiger partial charge in [0.2, 0.25) is 0 Å². The van der Waals surface area contributed by atoms with Crippen molar-refractivity contribution in [3.63, 3.8) is 0 Å². The summed E-state index contributed by atoms with van der Waals surface area (Å²) in [4.78, 5) is 13.2. The second kappa shape index (κ2) is 10.2. The third kappa shape index (κ3) is 4.33. The Balaban J connectivity index is 1.48. The lowest BCUT2D eigenvalue weighted by molar-refractivity contribution is 0.0731. The van der Waals surface area contributed by atoms with Crippen LogP contribution in [0.3, 0.4) is 0 Å². The summed E-state index contributed by atoms with van der Waals surface area (Å²) >= 11 is 0. The lowest BCUT2D eigenvalue weighted by Crippen LogP contribution is -2.35. The quantitative estimate of drug-likeness (QED) is 0.167. The van der Waals surface area contributed by atoms with Crippen LogP contribution in [0.4, 0.5) is 4.39 Å². The summed E-state index contributed by atoms with van der Waals surface area (Å²) in [6, 6.07) is 30.1. The molecule has 0 saturated carbocycles. The fraction of sp³-hybridized carbons (Fsp3) is 0.0882. The van der Waals surface area contributed by atoms with Gasteiger partial charge in [0, 0.05) is 16.7 Å². The fourth-order valence-corrected chi connectivity index (χ4v) is 5.06. The molecule has 1 heterocycles. The third-order valence-electron chi connectivity index (χ3n) is 7.06. The van der Waals surface area contributed by atoms with Crippen molar-refractivity contribution in [3.05, 3.63) is 137 Å². The van der Waals surface area contributed by atoms with Gasteiger partial charge in [0.1, 0.15) is 34.4 Å². The van der Waals surface area contributed by atoms with Crippen molar-refractivity contribution in [1.82, 2.24) is 0 Å². The van der Waals surface area contributed by atoms with E-state index in [-0.39, 0.29) is 11.4 Å². The Hall–Kier alpha value is -5.10. The second-order valence-electron chi connectivity index (χ2n) is 9.33. The normalized spacial score (nSPS) is 15.7. The van der Waals surface area contributed by atoms with Crippen molar-refractivity contribution >= 4 is 22.8 Å². The van der Waals surface area contributed by atoms with Gasteiger partial charge in [0.25, 0.3) is 0 Å². The lowest BCUT2D eigenvalue weighted by Gasteiger charge is -2.36. The lowest BCUT2D eigenvalue weighted by atomic mass is 9.82. The van der Waals surface area contributed by atoms with Crippen LogP contribution in [0.25, 0.3) is 16.8 Å². The van der Waals surface area contributed by atoms with Gasteiger partial charge < -0.3 is 18.9 Å². The molecule has 0 amide bonds. The highest BCUT2D eigenvalue weighted by atomic mass is 19.1. The van der Waals surface area contributed by atoms with Gasteiger partial charge in [-0.3, -0.25) is 0 Å². The van der Waals surface area contributed by atoms with Gasteiger partial charge in [0.05, 0.1) is 14.2 Å². The predicted octanol–water partition coefficient (Wildman–Crippen LogP) is 7.56. The summed E-state index contributed by atoms with van der Waals surface area (Å²) in [7, 11) is 3.11. The van der Waals surface area contributed by atoms with Gasteiger partial charge in [-0.2, -0.15) is 0 Å². The van der Waals surface area contributed by atoms with Crippen LogP contribution >= 0.6 is 0 Å². The molecular formula is C34H25FO5. The molecule has 0 fully saturated rings. The SMILES string of the molecule is COc1ccc(C2(c3ccccc3F)C=Cc3c(ccc4cc(OC)c(C(=O)Oc5ccccc5)cc34)O2)cc1. The zero-order chi connectivity index (χ0) is 27.7. The largest absolute Gasteiger partial charge is 0.497 e. The highest BCUT2D eigenvalue weighted by molar-refractivity contribution is 6.03. The third-order valence-corrected chi connectivity index (χ3v) is 7.06. The number of benzene rings is 5. The Morgan fingerprint density at radius 3 is 2.27 bits per heavy atom. The second-order valence-corrected chi connectivity index (χ2v) is 9.33. The van der Waals surface area contributed by atoms with Crippen molar-refractivity contribution in [3.8, 4) is 23.0 Å². The molecule has 1 aliphatic heterocycles. The number of halogens is 1. The highest BCUT2D eigenvalue weighted by Gasteiger charge is 2.39. The van der Waals surface area contributed by atoms with E-state index in [9.17, 15) is 4.79 Å². The molecular weight excluding hydrogens is 507 g/mol. The minimum absolute atomic E-state index is 0.279. The number of hydrogen-bond acceptors (Lipinski definition) is 5. The smallest absolute Gasteiger partial charge is 0.347 e. The van der Waals surface area contributed by atoms with Gasteiger partial charge in [-0.25, -0.2) is 9.18 Å². The Labute approximate surface area is 231 Å². The van der Waals surface area contributed by atoms with Crippen LogP contribution in [0.2, 0.25) is 0 Å². The molecule has 5 aromatic rings. The average molecular weight is 533 g/mol. The zero-order valence-electron chi connectivity index (χ0n) is 21.9. The maximum absolute atomic E-state index is 15.3. The average Bonchev–Trinajstić information content (AvgIpc) is 3.00. The van der Waals surface area contributed by atoms with Gasteiger partial charge in [-0.1, -0.05) is 54.6 Å². The van der Waals surface area contributed by atoms with Crippen LogP contribution in [0.15, 0.2) is 109 Å². The monoisotopic (exact) mass is 532 g/mol. The van der Waals surface area contributed by atoms with E-state index < -0.39 is 11.6 Å². The topological polar surface area (TPSA) is 54.0 Å². The number of rotatable bonds is 6. The van der Waals surface area contributed by atoms with E-state index in [0.29, 0.717) is 28.6 Å². The molecule has 40 heavy (non-hydrogen) atoms. The van der Waals surface area contributed by atoms with Crippen LogP contribution in [-0.2, 0) is 5.60 Å². The van der Waals surface area contributed by atoms with Crippen molar-refractivity contribution in [2.75, 3.05) is 14.2 Å². The molecule has 0 N–H and O–H groups in total. The fourth-order valence-electron chi connectivity index (χ4n) is 5.06. The molecule has 1 unspecified atom stereocenters. The van der Waals surface area contributed by atoms with Crippen molar-refractivity contribution in [1.29, 1.82) is 0 Å². The van der Waals surface area contributed by atoms with E-state index >= 15 is 4.39 Å². The molecule has 0 aliphatic carbocycles. The molecule has 1 atom stereocenters. The predicted molar refractivity (Wildman–Crippen MR) is 152 cm³/mol. The number of carbonyl (C=O) groups is 1. The Morgan fingerprint density at radius 1 is 0.800 bits per heavy atom. The number of fused-ring (bicyclic) bond motifs is 3. The van der Waals surface area contributed by atoms with Crippen molar-refractivity contribution in [2.45, 2.75) is 5.60 Å². The summed E-state index contributed by atoms with van der Waals surface area (Å²) in [6.07, 6.45) is 3.76. The van der Waals surface area contributed by atoms with E-state index in [1.807, 2.05) is 54.6 Å². The molecule has 5 aromatic carbocycles.